The summed E-state index contributed by atoms with van der Waals surface area (Å²) in [6, 6.07) is 5.15. The van der Waals surface area contributed by atoms with Gasteiger partial charge in [-0.1, -0.05) is 34.4 Å². The number of halogens is 3. The van der Waals surface area contributed by atoms with Crippen molar-refractivity contribution in [3.8, 4) is 11.4 Å². The molecule has 0 aliphatic heterocycles. The first kappa shape index (κ1) is 9.77. The molecule has 0 saturated heterocycles. The SMILES string of the molecule is Clc1nc(-c2cccc(Cl)c2Cl)no1. The summed E-state index contributed by atoms with van der Waals surface area (Å²) < 4.78 is 4.62. The Kier molecular flexibility index (Phi) is 2.63. The predicted molar refractivity (Wildman–Crippen MR) is 54.8 cm³/mol. The van der Waals surface area contributed by atoms with Crippen molar-refractivity contribution in [1.82, 2.24) is 10.1 Å². The Hall–Kier alpha value is -0.770. The Labute approximate surface area is 94.6 Å². The van der Waals surface area contributed by atoms with Gasteiger partial charge in [-0.05, 0) is 23.7 Å². The molecule has 0 saturated carbocycles. The molecule has 0 fully saturated rings. The molecule has 0 bridgehead atoms. The molecule has 2 aromatic rings. The molecule has 6 heteroatoms. The van der Waals surface area contributed by atoms with Crippen LogP contribution in [0.1, 0.15) is 0 Å². The van der Waals surface area contributed by atoms with Crippen molar-refractivity contribution in [2.45, 2.75) is 0 Å². The van der Waals surface area contributed by atoms with Gasteiger partial charge in [0.2, 0.25) is 5.82 Å². The van der Waals surface area contributed by atoms with Gasteiger partial charge in [-0.3, -0.25) is 0 Å². The number of benzene rings is 1. The summed E-state index contributed by atoms with van der Waals surface area (Å²) in [6.45, 7) is 0. The molecule has 0 radical (unpaired) electrons. The minimum atomic E-state index is -0.0314. The van der Waals surface area contributed by atoms with Crippen LogP contribution in [0, 0.1) is 0 Å². The minimum Gasteiger partial charge on any atom is -0.321 e. The molecule has 3 nitrogen and oxygen atoms in total. The van der Waals surface area contributed by atoms with Crippen LogP contribution in [0.2, 0.25) is 15.4 Å². The van der Waals surface area contributed by atoms with Gasteiger partial charge in [0.1, 0.15) is 0 Å². The highest BCUT2D eigenvalue weighted by Gasteiger charge is 2.12. The number of hydrogen-bond donors (Lipinski definition) is 0. The highest BCUT2D eigenvalue weighted by atomic mass is 35.5. The summed E-state index contributed by atoms with van der Waals surface area (Å²) >= 11 is 17.2. The van der Waals surface area contributed by atoms with Crippen LogP contribution < -0.4 is 0 Å². The van der Waals surface area contributed by atoms with Gasteiger partial charge in [0.25, 0.3) is 0 Å². The molecule has 0 amide bonds. The molecule has 2 rings (SSSR count). The highest BCUT2D eigenvalue weighted by Crippen LogP contribution is 2.31. The standard InChI is InChI=1S/C8H3Cl3N2O/c9-5-3-1-2-4(6(5)10)7-12-8(11)14-13-7/h1-3H. The molecule has 0 aliphatic rings. The molecular weight excluding hydrogens is 246 g/mol. The Morgan fingerprint density at radius 2 is 1.93 bits per heavy atom. The predicted octanol–water partition coefficient (Wildman–Crippen LogP) is 3.70. The molecule has 1 heterocycles. The highest BCUT2D eigenvalue weighted by molar-refractivity contribution is 6.43. The van der Waals surface area contributed by atoms with E-state index < -0.39 is 0 Å². The first-order valence-electron chi connectivity index (χ1n) is 3.62. The molecule has 72 valence electrons. The molecule has 0 aliphatic carbocycles. The van der Waals surface area contributed by atoms with Crippen molar-refractivity contribution in [3.05, 3.63) is 33.6 Å². The lowest BCUT2D eigenvalue weighted by Gasteiger charge is -1.99. The zero-order chi connectivity index (χ0) is 10.1. The Morgan fingerprint density at radius 1 is 1.14 bits per heavy atom. The van der Waals surface area contributed by atoms with Crippen LogP contribution in [0.3, 0.4) is 0 Å². The van der Waals surface area contributed by atoms with E-state index in [-0.39, 0.29) is 5.35 Å². The summed E-state index contributed by atoms with van der Waals surface area (Å²) in [7, 11) is 0. The van der Waals surface area contributed by atoms with Crippen LogP contribution in [0.25, 0.3) is 11.4 Å². The van der Waals surface area contributed by atoms with Gasteiger partial charge < -0.3 is 4.52 Å². The third-order valence-electron chi connectivity index (χ3n) is 1.59. The van der Waals surface area contributed by atoms with Gasteiger partial charge in [0, 0.05) is 5.56 Å². The zero-order valence-electron chi connectivity index (χ0n) is 6.67. The average Bonchev–Trinajstić information content (AvgIpc) is 2.57. The normalized spacial score (nSPS) is 10.5. The molecule has 1 aromatic heterocycles. The van der Waals surface area contributed by atoms with Crippen molar-refractivity contribution in [2.24, 2.45) is 0 Å². The zero-order valence-corrected chi connectivity index (χ0v) is 8.94. The van der Waals surface area contributed by atoms with E-state index in [1.807, 2.05) is 0 Å². The van der Waals surface area contributed by atoms with E-state index in [0.29, 0.717) is 21.4 Å². The van der Waals surface area contributed by atoms with E-state index in [0.717, 1.165) is 0 Å². The molecule has 14 heavy (non-hydrogen) atoms. The first-order valence-corrected chi connectivity index (χ1v) is 4.75. The number of rotatable bonds is 1. The maximum Gasteiger partial charge on any atom is 0.320 e. The Balaban J connectivity index is 2.57. The number of nitrogens with zero attached hydrogens (tertiary/aromatic N) is 2. The second-order valence-electron chi connectivity index (χ2n) is 2.47. The van der Waals surface area contributed by atoms with Crippen LogP contribution in [0.4, 0.5) is 0 Å². The number of hydrogen-bond acceptors (Lipinski definition) is 3. The lowest BCUT2D eigenvalue weighted by atomic mass is 10.2. The van der Waals surface area contributed by atoms with Crippen molar-refractivity contribution < 1.29 is 4.52 Å². The summed E-state index contributed by atoms with van der Waals surface area (Å²) in [5, 5.41) is 4.41. The summed E-state index contributed by atoms with van der Waals surface area (Å²) in [5.41, 5.74) is 0.592. The van der Waals surface area contributed by atoms with Gasteiger partial charge in [-0.15, -0.1) is 0 Å². The van der Waals surface area contributed by atoms with Crippen LogP contribution in [0.15, 0.2) is 22.7 Å². The molecular formula is C8H3Cl3N2O. The fourth-order valence-corrected chi connectivity index (χ4v) is 1.49. The molecule has 0 spiro atoms. The third kappa shape index (κ3) is 1.71. The second-order valence-corrected chi connectivity index (χ2v) is 3.58. The number of aromatic nitrogens is 2. The monoisotopic (exact) mass is 248 g/mol. The van der Waals surface area contributed by atoms with Crippen molar-refractivity contribution in [1.29, 1.82) is 0 Å². The van der Waals surface area contributed by atoms with Crippen molar-refractivity contribution in [2.75, 3.05) is 0 Å². The van der Waals surface area contributed by atoms with Crippen LogP contribution in [0.5, 0.6) is 0 Å². The van der Waals surface area contributed by atoms with E-state index in [1.165, 1.54) is 0 Å². The molecule has 0 N–H and O–H groups in total. The van der Waals surface area contributed by atoms with E-state index in [9.17, 15) is 0 Å². The van der Waals surface area contributed by atoms with Crippen LogP contribution >= 0.6 is 34.8 Å². The largest absolute Gasteiger partial charge is 0.321 e. The third-order valence-corrected chi connectivity index (χ3v) is 2.57. The maximum atomic E-state index is 5.94. The average molecular weight is 249 g/mol. The van der Waals surface area contributed by atoms with Gasteiger partial charge in [0.15, 0.2) is 0 Å². The van der Waals surface area contributed by atoms with E-state index in [1.54, 1.807) is 18.2 Å². The fourth-order valence-electron chi connectivity index (χ4n) is 0.991. The fraction of sp³-hybridized carbons (Fsp3) is 0. The smallest absolute Gasteiger partial charge is 0.320 e. The van der Waals surface area contributed by atoms with E-state index in [2.05, 4.69) is 14.7 Å². The van der Waals surface area contributed by atoms with Gasteiger partial charge in [-0.2, -0.15) is 4.98 Å². The lowest BCUT2D eigenvalue weighted by molar-refractivity contribution is 0.421. The summed E-state index contributed by atoms with van der Waals surface area (Å²) in [5.74, 6) is 0.322. The van der Waals surface area contributed by atoms with Crippen LogP contribution in [-0.4, -0.2) is 10.1 Å². The Morgan fingerprint density at radius 3 is 2.57 bits per heavy atom. The van der Waals surface area contributed by atoms with Gasteiger partial charge in [0.05, 0.1) is 10.0 Å². The minimum absolute atomic E-state index is 0.0314. The van der Waals surface area contributed by atoms with E-state index in [4.69, 9.17) is 34.8 Å². The lowest BCUT2D eigenvalue weighted by Crippen LogP contribution is -1.82. The Bertz CT molecular complexity index is 469. The maximum absolute atomic E-state index is 5.94. The van der Waals surface area contributed by atoms with Gasteiger partial charge >= 0.3 is 5.35 Å². The van der Waals surface area contributed by atoms with Crippen molar-refractivity contribution in [3.63, 3.8) is 0 Å². The topological polar surface area (TPSA) is 38.9 Å². The molecule has 0 atom stereocenters. The van der Waals surface area contributed by atoms with Gasteiger partial charge in [-0.25, -0.2) is 0 Å². The summed E-state index contributed by atoms with van der Waals surface area (Å²) in [6.07, 6.45) is 0. The molecule has 1 aromatic carbocycles. The molecule has 0 unspecified atom stereocenters. The second kappa shape index (κ2) is 3.77. The quantitative estimate of drug-likeness (QED) is 0.773. The first-order chi connectivity index (χ1) is 6.68. The van der Waals surface area contributed by atoms with Crippen molar-refractivity contribution >= 4 is 34.8 Å². The van der Waals surface area contributed by atoms with E-state index >= 15 is 0 Å². The summed E-state index contributed by atoms with van der Waals surface area (Å²) in [4.78, 5) is 3.83. The van der Waals surface area contributed by atoms with Crippen LogP contribution in [-0.2, 0) is 0 Å².